The second-order valence-electron chi connectivity index (χ2n) is 5.88. The summed E-state index contributed by atoms with van der Waals surface area (Å²) < 4.78 is 84.9. The van der Waals surface area contributed by atoms with Crippen molar-refractivity contribution in [3.8, 4) is 11.3 Å². The van der Waals surface area contributed by atoms with Crippen molar-refractivity contribution in [2.75, 3.05) is 0 Å². The van der Waals surface area contributed by atoms with Crippen molar-refractivity contribution in [3.63, 3.8) is 0 Å². The molecule has 0 bridgehead atoms. The molecule has 0 unspecified atom stereocenters. The quantitative estimate of drug-likeness (QED) is 0.215. The fourth-order valence-corrected chi connectivity index (χ4v) is 4.27. The third-order valence-corrected chi connectivity index (χ3v) is 5.26. The molecule has 0 amide bonds. The molecule has 0 N–H and O–H groups in total. The van der Waals surface area contributed by atoms with Gasteiger partial charge < -0.3 is 4.98 Å². The van der Waals surface area contributed by atoms with Crippen molar-refractivity contribution < 1.29 is 46.4 Å². The van der Waals surface area contributed by atoms with Gasteiger partial charge in [0.25, 0.3) is 0 Å². The standard InChI is InChI=1S/C18H7BrF6N.Ir/c19-12-6-2-4-10-14(12)16(17(20,21)22,18(23,24)25)11-5-1-3-9-7-8-26-15(10)13(9)11;/h1-3,5-8H;/q-1;. The number of hydrogen-bond acceptors (Lipinski definition) is 1. The number of fused-ring (bicyclic) bond motifs is 2. The Labute approximate surface area is 171 Å². The van der Waals surface area contributed by atoms with Crippen molar-refractivity contribution in [3.05, 3.63) is 64.3 Å². The van der Waals surface area contributed by atoms with Crippen LogP contribution in [0.4, 0.5) is 26.3 Å². The third kappa shape index (κ3) is 2.51. The number of benzene rings is 2. The van der Waals surface area contributed by atoms with E-state index < -0.39 is 28.9 Å². The van der Waals surface area contributed by atoms with Crippen LogP contribution in [0.15, 0.2) is 47.1 Å². The average molecular weight is 623 g/mol. The molecule has 0 saturated heterocycles. The second-order valence-corrected chi connectivity index (χ2v) is 6.74. The summed E-state index contributed by atoms with van der Waals surface area (Å²) in [7, 11) is 0. The molecule has 3 aromatic rings. The minimum absolute atomic E-state index is 0. The van der Waals surface area contributed by atoms with Gasteiger partial charge in [-0.1, -0.05) is 44.2 Å². The molecule has 9 heteroatoms. The first-order valence-corrected chi connectivity index (χ1v) is 8.12. The number of rotatable bonds is 0. The molecular weight excluding hydrogens is 616 g/mol. The Morgan fingerprint density at radius 3 is 2.26 bits per heavy atom. The number of halogens is 7. The second kappa shape index (κ2) is 6.29. The molecule has 1 heterocycles. The zero-order valence-corrected chi connectivity index (χ0v) is 16.9. The number of pyridine rings is 1. The van der Waals surface area contributed by atoms with E-state index in [1.165, 1.54) is 30.5 Å². The number of alkyl halides is 6. The van der Waals surface area contributed by atoms with Crippen LogP contribution in [0.3, 0.4) is 0 Å². The molecule has 0 saturated carbocycles. The van der Waals surface area contributed by atoms with Gasteiger partial charge in [-0.2, -0.15) is 26.3 Å². The molecular formula is C18H7BrF6IrN-. The van der Waals surface area contributed by atoms with Crippen LogP contribution in [0.2, 0.25) is 0 Å². The number of nitrogens with zero attached hydrogens (tertiary/aromatic N) is 1. The Hall–Kier alpha value is -1.44. The molecule has 27 heavy (non-hydrogen) atoms. The molecule has 1 aromatic heterocycles. The Kier molecular flexibility index (Phi) is 4.73. The summed E-state index contributed by atoms with van der Waals surface area (Å²) in [4.78, 5) is 4.06. The van der Waals surface area contributed by atoms with Crippen LogP contribution in [-0.4, -0.2) is 17.3 Å². The molecule has 4 rings (SSSR count). The summed E-state index contributed by atoms with van der Waals surface area (Å²) in [5.41, 5.74) is -6.23. The Balaban J connectivity index is 0.00000210. The molecule has 1 radical (unpaired) electrons. The normalized spacial score (nSPS) is 15.2. The van der Waals surface area contributed by atoms with Crippen LogP contribution in [-0.2, 0) is 25.5 Å². The van der Waals surface area contributed by atoms with Crippen LogP contribution in [0.5, 0.6) is 0 Å². The first-order valence-electron chi connectivity index (χ1n) is 7.33. The molecule has 0 atom stereocenters. The first-order chi connectivity index (χ1) is 12.1. The van der Waals surface area contributed by atoms with Crippen molar-refractivity contribution >= 4 is 26.7 Å². The van der Waals surface area contributed by atoms with Crippen LogP contribution >= 0.6 is 15.9 Å². The van der Waals surface area contributed by atoms with Gasteiger partial charge in [-0.05, 0) is 28.1 Å². The van der Waals surface area contributed by atoms with E-state index in [4.69, 9.17) is 0 Å². The zero-order valence-electron chi connectivity index (χ0n) is 13.0. The van der Waals surface area contributed by atoms with Gasteiger partial charge in [-0.25, -0.2) is 0 Å². The molecule has 1 nitrogen and oxygen atoms in total. The molecule has 1 aliphatic rings. The Morgan fingerprint density at radius 2 is 1.63 bits per heavy atom. The number of aromatic nitrogens is 1. The number of hydrogen-bond donors (Lipinski definition) is 0. The zero-order chi connectivity index (χ0) is 18.9. The fourth-order valence-electron chi connectivity index (χ4n) is 3.64. The Bertz CT molecular complexity index is 1020. The summed E-state index contributed by atoms with van der Waals surface area (Å²) >= 11 is 2.89. The van der Waals surface area contributed by atoms with E-state index in [1.54, 1.807) is 0 Å². The van der Waals surface area contributed by atoms with E-state index in [2.05, 4.69) is 27.0 Å². The van der Waals surface area contributed by atoms with Crippen molar-refractivity contribution in [2.24, 2.45) is 0 Å². The van der Waals surface area contributed by atoms with Gasteiger partial charge in [0, 0.05) is 26.3 Å². The topological polar surface area (TPSA) is 12.9 Å². The van der Waals surface area contributed by atoms with Gasteiger partial charge in [0.15, 0.2) is 5.41 Å². The summed E-state index contributed by atoms with van der Waals surface area (Å²) in [5, 5.41) is 0.0934. The van der Waals surface area contributed by atoms with Gasteiger partial charge in [0.05, 0.1) is 0 Å². The molecule has 1 aliphatic carbocycles. The molecule has 0 spiro atoms. The van der Waals surface area contributed by atoms with Crippen molar-refractivity contribution in [1.82, 2.24) is 4.98 Å². The molecule has 0 fully saturated rings. The van der Waals surface area contributed by atoms with Gasteiger partial charge in [0.2, 0.25) is 0 Å². The minimum Gasteiger partial charge on any atom is -0.304 e. The van der Waals surface area contributed by atoms with Crippen LogP contribution < -0.4 is 0 Å². The van der Waals surface area contributed by atoms with E-state index in [-0.39, 0.29) is 46.6 Å². The van der Waals surface area contributed by atoms with Crippen molar-refractivity contribution in [1.29, 1.82) is 0 Å². The summed E-state index contributed by atoms with van der Waals surface area (Å²) in [6, 6.07) is 9.85. The predicted octanol–water partition coefficient (Wildman–Crippen LogP) is 6.19. The average Bonchev–Trinajstić information content (AvgIpc) is 2.54. The van der Waals surface area contributed by atoms with Crippen molar-refractivity contribution in [2.45, 2.75) is 17.8 Å². The fraction of sp³-hybridized carbons (Fsp3) is 0.167. The first kappa shape index (κ1) is 20.3. The maximum atomic E-state index is 14.2. The minimum atomic E-state index is -5.63. The smallest absolute Gasteiger partial charge is 0.304 e. The summed E-state index contributed by atoms with van der Waals surface area (Å²) in [6.45, 7) is 0. The SMILES string of the molecule is FC(F)(F)C1(C(F)(F)F)c2c([c-]ccc2Br)-c2nccc3cccc1c23.[Ir]. The monoisotopic (exact) mass is 623 g/mol. The van der Waals surface area contributed by atoms with E-state index in [0.717, 1.165) is 12.1 Å². The van der Waals surface area contributed by atoms with E-state index in [9.17, 15) is 26.3 Å². The predicted molar refractivity (Wildman–Crippen MR) is 86.6 cm³/mol. The molecule has 143 valence electrons. The van der Waals surface area contributed by atoms with Gasteiger partial charge in [-0.15, -0.1) is 23.8 Å². The van der Waals surface area contributed by atoms with Gasteiger partial charge in [-0.3, -0.25) is 0 Å². The van der Waals surface area contributed by atoms with E-state index in [0.29, 0.717) is 0 Å². The van der Waals surface area contributed by atoms with Crippen LogP contribution in [0, 0.1) is 6.07 Å². The molecule has 0 aliphatic heterocycles. The largest absolute Gasteiger partial charge is 0.403 e. The van der Waals surface area contributed by atoms with Crippen LogP contribution in [0.25, 0.3) is 22.0 Å². The van der Waals surface area contributed by atoms with Gasteiger partial charge >= 0.3 is 12.4 Å². The summed E-state index contributed by atoms with van der Waals surface area (Å²) in [5.74, 6) is 0. The summed E-state index contributed by atoms with van der Waals surface area (Å²) in [6.07, 6.45) is -9.90. The Morgan fingerprint density at radius 1 is 0.963 bits per heavy atom. The van der Waals surface area contributed by atoms with Crippen LogP contribution in [0.1, 0.15) is 11.1 Å². The maximum absolute atomic E-state index is 14.2. The van der Waals surface area contributed by atoms with Gasteiger partial charge in [0.1, 0.15) is 0 Å². The third-order valence-electron chi connectivity index (χ3n) is 4.60. The van der Waals surface area contributed by atoms with E-state index >= 15 is 0 Å². The van der Waals surface area contributed by atoms with E-state index in [1.807, 2.05) is 0 Å². The molecule has 2 aromatic carbocycles. The maximum Gasteiger partial charge on any atom is 0.403 e.